The van der Waals surface area contributed by atoms with Gasteiger partial charge in [-0.3, -0.25) is 24.5 Å². The molecular weight excluding hydrogens is 733 g/mol. The molecule has 7 rings (SSSR count). The number of halogens is 2. The Labute approximate surface area is 322 Å². The van der Waals surface area contributed by atoms with Crippen molar-refractivity contribution in [2.24, 2.45) is 0 Å². The number of aromatic carboxylic acids is 1. The molecule has 0 fully saturated rings. The lowest BCUT2D eigenvalue weighted by Crippen LogP contribution is -2.51. The van der Waals surface area contributed by atoms with E-state index in [2.05, 4.69) is 25.5 Å². The van der Waals surface area contributed by atoms with Crippen molar-refractivity contribution in [3.63, 3.8) is 0 Å². The second-order valence-corrected chi connectivity index (χ2v) is 18.2. The van der Waals surface area contributed by atoms with Crippen LogP contribution < -0.4 is 15.8 Å². The summed E-state index contributed by atoms with van der Waals surface area (Å²) in [5.74, 6) is -5.44. The Morgan fingerprint density at radius 1 is 0.821 bits per heavy atom. The number of carbonyl (C=O) groups excluding carboxylic acids is 2. The second kappa shape index (κ2) is 15.7. The number of benzene rings is 3. The van der Waals surface area contributed by atoms with Crippen LogP contribution in [-0.2, 0) is 17.9 Å². The topological polar surface area (TPSA) is 145 Å². The van der Waals surface area contributed by atoms with E-state index in [1.165, 1.54) is 30.3 Å². The summed E-state index contributed by atoms with van der Waals surface area (Å²) in [6.07, 6.45) is 6.03. The Bertz CT molecular complexity index is 2410. The lowest BCUT2D eigenvalue weighted by atomic mass is 9.86. The average Bonchev–Trinajstić information content (AvgIpc) is 3.18. The molecule has 10 nitrogen and oxygen atoms in total. The zero-order chi connectivity index (χ0) is 39.6. The molecule has 0 bridgehead atoms. The number of amides is 1. The van der Waals surface area contributed by atoms with Gasteiger partial charge in [-0.05, 0) is 105 Å². The lowest BCUT2D eigenvalue weighted by Gasteiger charge is -2.38. The van der Waals surface area contributed by atoms with Crippen molar-refractivity contribution >= 4 is 47.9 Å². The number of aromatic nitrogens is 2. The number of carboxylic acid groups (broad SMARTS) is 1. The lowest BCUT2D eigenvalue weighted by molar-refractivity contribution is -0.112. The maximum absolute atomic E-state index is 15.7. The summed E-state index contributed by atoms with van der Waals surface area (Å²) in [5, 5.41) is 27.0. The maximum atomic E-state index is 15.7. The smallest absolute Gasteiger partial charge is 0.336 e. The SMILES string of the molecule is C[Si]1(C)C2=C(F)C(=O)C=CC2=C(c2ccc(C(=O)Nc3ccc(NCCN(Cc4ccccn4)Cc4ccccn4)cc3)cc2C(=O)O)c2ccc(O)c(F)c21. The molecular formula is C43H37F2N5O5Si. The minimum atomic E-state index is -3.28. The molecule has 0 saturated heterocycles. The Hall–Kier alpha value is -6.57. The summed E-state index contributed by atoms with van der Waals surface area (Å²) in [6.45, 7) is 5.97. The largest absolute Gasteiger partial charge is 0.505 e. The number of phenolic OH excluding ortho intramolecular Hbond substituents is 1. The van der Waals surface area contributed by atoms with Crippen LogP contribution in [0, 0.1) is 5.82 Å². The van der Waals surface area contributed by atoms with Crippen LogP contribution in [0.25, 0.3) is 5.57 Å². The molecule has 282 valence electrons. The van der Waals surface area contributed by atoms with Gasteiger partial charge in [-0.15, -0.1) is 0 Å². The van der Waals surface area contributed by atoms with Crippen LogP contribution in [0.5, 0.6) is 5.75 Å². The molecule has 0 radical (unpaired) electrons. The zero-order valence-corrected chi connectivity index (χ0v) is 31.5. The van der Waals surface area contributed by atoms with Gasteiger partial charge < -0.3 is 20.8 Å². The van der Waals surface area contributed by atoms with Crippen molar-refractivity contribution in [2.45, 2.75) is 26.2 Å². The summed E-state index contributed by atoms with van der Waals surface area (Å²) in [5.41, 5.74) is 3.79. The Balaban J connectivity index is 1.09. The first-order valence-electron chi connectivity index (χ1n) is 17.9. The molecule has 3 heterocycles. The monoisotopic (exact) mass is 769 g/mol. The number of nitrogens with one attached hydrogen (secondary N) is 2. The van der Waals surface area contributed by atoms with Crippen LogP contribution >= 0.6 is 0 Å². The molecule has 2 aliphatic rings. The van der Waals surface area contributed by atoms with Gasteiger partial charge in [0.15, 0.2) is 17.4 Å². The van der Waals surface area contributed by atoms with E-state index in [1.54, 1.807) is 37.6 Å². The van der Waals surface area contributed by atoms with E-state index >= 15 is 8.78 Å². The van der Waals surface area contributed by atoms with Crippen molar-refractivity contribution in [1.82, 2.24) is 14.9 Å². The average molecular weight is 770 g/mol. The van der Waals surface area contributed by atoms with E-state index in [0.29, 0.717) is 31.9 Å². The van der Waals surface area contributed by atoms with Gasteiger partial charge in [0.25, 0.3) is 5.91 Å². The fraction of sp³-hybridized carbons (Fsp3) is 0.140. The number of ketones is 1. The normalized spacial score (nSPS) is 14.4. The Morgan fingerprint density at radius 3 is 2.09 bits per heavy atom. The summed E-state index contributed by atoms with van der Waals surface area (Å²) in [6, 6.07) is 25.5. The third-order valence-corrected chi connectivity index (χ3v) is 13.4. The fourth-order valence-corrected chi connectivity index (χ4v) is 10.7. The molecule has 4 N–H and O–H groups in total. The third-order valence-electron chi connectivity index (χ3n) is 9.92. The molecule has 5 aromatic rings. The highest BCUT2D eigenvalue weighted by Crippen LogP contribution is 2.45. The predicted molar refractivity (Wildman–Crippen MR) is 212 cm³/mol. The number of hydrogen-bond acceptors (Lipinski definition) is 8. The molecule has 0 unspecified atom stereocenters. The highest BCUT2D eigenvalue weighted by molar-refractivity contribution is 6.98. The number of allylic oxidation sites excluding steroid dienone is 5. The van der Waals surface area contributed by atoms with Gasteiger partial charge in [-0.1, -0.05) is 43.4 Å². The number of carbonyl (C=O) groups is 3. The number of carboxylic acids is 1. The van der Waals surface area contributed by atoms with Gasteiger partial charge >= 0.3 is 5.97 Å². The summed E-state index contributed by atoms with van der Waals surface area (Å²) >= 11 is 0. The van der Waals surface area contributed by atoms with Gasteiger partial charge in [0.05, 0.1) is 17.0 Å². The first-order valence-corrected chi connectivity index (χ1v) is 20.9. The molecule has 0 atom stereocenters. The van der Waals surface area contributed by atoms with E-state index < -0.39 is 43.1 Å². The van der Waals surface area contributed by atoms with Crippen molar-refractivity contribution in [3.05, 3.63) is 172 Å². The summed E-state index contributed by atoms with van der Waals surface area (Å²) in [7, 11) is -3.28. The second-order valence-electron chi connectivity index (χ2n) is 14.0. The van der Waals surface area contributed by atoms with Crippen LogP contribution in [-0.4, -0.2) is 63.9 Å². The van der Waals surface area contributed by atoms with Crippen molar-refractivity contribution in [3.8, 4) is 5.75 Å². The molecule has 0 saturated carbocycles. The number of fused-ring (bicyclic) bond motifs is 2. The van der Waals surface area contributed by atoms with Gasteiger partial charge in [-0.25, -0.2) is 13.6 Å². The highest BCUT2D eigenvalue weighted by Gasteiger charge is 2.45. The number of hydrogen-bond donors (Lipinski definition) is 4. The highest BCUT2D eigenvalue weighted by atomic mass is 28.3. The minimum absolute atomic E-state index is 0.0133. The number of anilines is 2. The van der Waals surface area contributed by atoms with Crippen LogP contribution in [0.3, 0.4) is 0 Å². The van der Waals surface area contributed by atoms with E-state index in [-0.39, 0.29) is 43.8 Å². The van der Waals surface area contributed by atoms with Crippen LogP contribution in [0.4, 0.5) is 20.2 Å². The van der Waals surface area contributed by atoms with Crippen molar-refractivity contribution in [2.75, 3.05) is 23.7 Å². The van der Waals surface area contributed by atoms with Gasteiger partial charge in [-0.2, -0.15) is 0 Å². The zero-order valence-electron chi connectivity index (χ0n) is 30.5. The molecule has 13 heteroatoms. The van der Waals surface area contributed by atoms with Crippen LogP contribution in [0.1, 0.15) is 43.2 Å². The van der Waals surface area contributed by atoms with Crippen molar-refractivity contribution < 1.29 is 33.4 Å². The molecule has 56 heavy (non-hydrogen) atoms. The molecule has 2 aromatic heterocycles. The molecule has 1 aliphatic heterocycles. The van der Waals surface area contributed by atoms with E-state index in [0.717, 1.165) is 29.2 Å². The van der Waals surface area contributed by atoms with Crippen LogP contribution in [0.15, 0.2) is 132 Å². The van der Waals surface area contributed by atoms with E-state index in [4.69, 9.17) is 0 Å². The Morgan fingerprint density at radius 2 is 1.46 bits per heavy atom. The van der Waals surface area contributed by atoms with Gasteiger partial charge in [0.2, 0.25) is 5.78 Å². The molecule has 1 aliphatic carbocycles. The number of nitrogens with zero attached hydrogens (tertiary/aromatic N) is 3. The number of rotatable bonds is 12. The number of aromatic hydroxyl groups is 1. The van der Waals surface area contributed by atoms with Crippen LogP contribution in [0.2, 0.25) is 13.1 Å². The standard InChI is InChI=1S/C43H37F2N5O5Si/c1-56(2)40-32(15-17-35(51)38(40)44)37(33-16-18-36(52)39(45)41(33)56)31-14-9-26(23-34(31)43(54)55)42(53)49-28-12-10-27(11-13-28)48-21-22-50(24-29-7-3-5-19-46-29)25-30-8-4-6-20-47-30/h3-20,23,48,51H,21-22,24-25H2,1-2H3,(H,49,53)(H,54,55). The predicted octanol–water partition coefficient (Wildman–Crippen LogP) is 7.02. The third kappa shape index (κ3) is 7.54. The first kappa shape index (κ1) is 37.7. The van der Waals surface area contributed by atoms with E-state index in [1.807, 2.05) is 48.5 Å². The number of pyridine rings is 2. The quantitative estimate of drug-likeness (QED) is 0.0985. The minimum Gasteiger partial charge on any atom is -0.505 e. The van der Waals surface area contributed by atoms with Gasteiger partial charge in [0, 0.05) is 55.5 Å². The Kier molecular flexibility index (Phi) is 10.5. The fourth-order valence-electron chi connectivity index (χ4n) is 7.29. The molecule has 1 amide bonds. The van der Waals surface area contributed by atoms with Crippen molar-refractivity contribution in [1.29, 1.82) is 0 Å². The molecule has 0 spiro atoms. The molecule has 3 aromatic carbocycles. The number of phenols is 1. The first-order chi connectivity index (χ1) is 26.9. The summed E-state index contributed by atoms with van der Waals surface area (Å²) < 4.78 is 31.3. The van der Waals surface area contributed by atoms with Gasteiger partial charge in [0.1, 0.15) is 8.07 Å². The maximum Gasteiger partial charge on any atom is 0.336 e. The summed E-state index contributed by atoms with van der Waals surface area (Å²) in [4.78, 5) is 49.9. The van der Waals surface area contributed by atoms with E-state index in [9.17, 15) is 24.6 Å².